The van der Waals surface area contributed by atoms with Crippen molar-refractivity contribution in [2.45, 2.75) is 38.1 Å². The van der Waals surface area contributed by atoms with Crippen LogP contribution in [-0.4, -0.2) is 63.5 Å². The highest BCUT2D eigenvalue weighted by Crippen LogP contribution is 2.14. The first-order valence-corrected chi connectivity index (χ1v) is 7.62. The summed E-state index contributed by atoms with van der Waals surface area (Å²) in [6.07, 6.45) is 0.620. The monoisotopic (exact) mass is 289 g/mol. The largest absolute Gasteiger partial charge is 0.390 e. The van der Waals surface area contributed by atoms with E-state index in [1.54, 1.807) is 4.68 Å². The number of nitrogens with one attached hydrogen (secondary N) is 1. The molecule has 1 aromatic heterocycles. The van der Waals surface area contributed by atoms with Gasteiger partial charge >= 0.3 is 0 Å². The van der Waals surface area contributed by atoms with Crippen LogP contribution in [-0.2, 0) is 11.3 Å². The Morgan fingerprint density at radius 3 is 3.00 bits per heavy atom. The Morgan fingerprint density at radius 2 is 2.26 bits per heavy atom. The minimum atomic E-state index is -0.492. The van der Waals surface area contributed by atoms with E-state index in [1.165, 1.54) is 11.8 Å². The summed E-state index contributed by atoms with van der Waals surface area (Å²) in [6, 6.07) is 0. The van der Waals surface area contributed by atoms with Gasteiger partial charge in [0, 0.05) is 18.9 Å². The quantitative estimate of drug-likeness (QED) is 0.443. The summed E-state index contributed by atoms with van der Waals surface area (Å²) in [7, 11) is 0. The molecule has 2 N–H and O–H groups in total. The number of aliphatic hydroxyl groups is 1. The van der Waals surface area contributed by atoms with Crippen molar-refractivity contribution in [1.82, 2.24) is 25.5 Å². The number of aliphatic hydroxyl groups excluding tert-OH is 1. The van der Waals surface area contributed by atoms with Crippen molar-refractivity contribution in [3.8, 4) is 0 Å². The molecule has 0 radical (unpaired) electrons. The Hall–Kier alpha value is -0.700. The third-order valence-electron chi connectivity index (χ3n) is 2.35. The third kappa shape index (κ3) is 6.86. The molecule has 0 aromatic carbocycles. The molecule has 8 heteroatoms. The zero-order valence-electron chi connectivity index (χ0n) is 11.6. The number of hydrogen-bond acceptors (Lipinski definition) is 7. The number of thioether (sulfide) groups is 1. The van der Waals surface area contributed by atoms with E-state index in [4.69, 9.17) is 4.74 Å². The molecular formula is C11H23N5O2S. The van der Waals surface area contributed by atoms with Gasteiger partial charge in [0.25, 0.3) is 0 Å². The molecule has 0 saturated heterocycles. The van der Waals surface area contributed by atoms with Gasteiger partial charge in [-0.25, -0.2) is 4.68 Å². The fraction of sp³-hybridized carbons (Fsp3) is 0.909. The van der Waals surface area contributed by atoms with E-state index in [2.05, 4.69) is 27.8 Å². The van der Waals surface area contributed by atoms with Crippen LogP contribution in [0.2, 0.25) is 0 Å². The molecule has 1 aromatic rings. The molecule has 19 heavy (non-hydrogen) atoms. The van der Waals surface area contributed by atoms with E-state index in [-0.39, 0.29) is 0 Å². The van der Waals surface area contributed by atoms with E-state index in [0.29, 0.717) is 19.0 Å². The number of nitrogens with zero attached hydrogens (tertiary/aromatic N) is 4. The summed E-state index contributed by atoms with van der Waals surface area (Å²) in [6.45, 7) is 7.57. The highest BCUT2D eigenvalue weighted by molar-refractivity contribution is 7.99. The molecule has 1 unspecified atom stereocenters. The number of tetrazole rings is 1. The fourth-order valence-corrected chi connectivity index (χ4v) is 2.21. The standard InChI is InChI=1S/C11H23N5O2S/c1-3-5-12-6-7-16-11(13-14-15-16)19-9-10(17)8-18-4-2/h10,12,17H,3-9H2,1-2H3. The molecule has 0 amide bonds. The Labute approximate surface area is 118 Å². The second kappa shape index (κ2) is 10.1. The molecule has 1 atom stereocenters. The first kappa shape index (κ1) is 16.4. The van der Waals surface area contributed by atoms with Crippen molar-refractivity contribution in [2.24, 2.45) is 0 Å². The van der Waals surface area contributed by atoms with Gasteiger partial charge in [0.2, 0.25) is 5.16 Å². The highest BCUT2D eigenvalue weighted by Gasteiger charge is 2.10. The van der Waals surface area contributed by atoms with Gasteiger partial charge in [-0.15, -0.1) is 5.10 Å². The van der Waals surface area contributed by atoms with Crippen LogP contribution in [0.4, 0.5) is 0 Å². The van der Waals surface area contributed by atoms with Gasteiger partial charge in [0.05, 0.1) is 19.3 Å². The fourth-order valence-electron chi connectivity index (χ4n) is 1.40. The summed E-state index contributed by atoms with van der Waals surface area (Å²) in [5, 5.41) is 25.3. The summed E-state index contributed by atoms with van der Waals surface area (Å²) in [5.74, 6) is 0.531. The maximum Gasteiger partial charge on any atom is 0.209 e. The lowest BCUT2D eigenvalue weighted by Crippen LogP contribution is -2.22. The van der Waals surface area contributed by atoms with Gasteiger partial charge in [-0.1, -0.05) is 18.7 Å². The summed E-state index contributed by atoms with van der Waals surface area (Å²) >= 11 is 1.45. The van der Waals surface area contributed by atoms with Gasteiger partial charge in [-0.05, 0) is 30.3 Å². The van der Waals surface area contributed by atoms with Gasteiger partial charge in [0.15, 0.2) is 0 Å². The minimum absolute atomic E-state index is 0.350. The Morgan fingerprint density at radius 1 is 1.42 bits per heavy atom. The van der Waals surface area contributed by atoms with E-state index in [0.717, 1.165) is 31.2 Å². The van der Waals surface area contributed by atoms with Crippen LogP contribution in [0.1, 0.15) is 20.3 Å². The van der Waals surface area contributed by atoms with Crippen molar-refractivity contribution in [3.05, 3.63) is 0 Å². The normalized spacial score (nSPS) is 12.8. The Kier molecular flexibility index (Phi) is 8.72. The number of hydrogen-bond donors (Lipinski definition) is 2. The zero-order valence-corrected chi connectivity index (χ0v) is 12.4. The van der Waals surface area contributed by atoms with Crippen LogP contribution in [0.3, 0.4) is 0 Å². The van der Waals surface area contributed by atoms with Crippen LogP contribution in [0.25, 0.3) is 0 Å². The maximum atomic E-state index is 9.68. The van der Waals surface area contributed by atoms with Gasteiger partial charge in [0.1, 0.15) is 0 Å². The van der Waals surface area contributed by atoms with E-state index in [1.807, 2.05) is 6.92 Å². The van der Waals surface area contributed by atoms with Crippen molar-refractivity contribution < 1.29 is 9.84 Å². The highest BCUT2D eigenvalue weighted by atomic mass is 32.2. The summed E-state index contributed by atoms with van der Waals surface area (Å²) in [5.41, 5.74) is 0. The van der Waals surface area contributed by atoms with Crippen LogP contribution < -0.4 is 5.32 Å². The van der Waals surface area contributed by atoms with Crippen LogP contribution in [0, 0.1) is 0 Å². The smallest absolute Gasteiger partial charge is 0.209 e. The second-order valence-electron chi connectivity index (χ2n) is 4.06. The lowest BCUT2D eigenvalue weighted by Gasteiger charge is -2.09. The molecule has 110 valence electrons. The third-order valence-corrected chi connectivity index (χ3v) is 3.45. The molecule has 0 aliphatic carbocycles. The van der Waals surface area contributed by atoms with E-state index in [9.17, 15) is 5.11 Å². The average molecular weight is 289 g/mol. The first-order valence-electron chi connectivity index (χ1n) is 6.63. The van der Waals surface area contributed by atoms with Gasteiger partial charge < -0.3 is 15.2 Å². The molecule has 0 aliphatic heterocycles. The second-order valence-corrected chi connectivity index (χ2v) is 5.05. The maximum absolute atomic E-state index is 9.68. The van der Waals surface area contributed by atoms with Crippen LogP contribution in [0.5, 0.6) is 0 Å². The molecule has 1 rings (SSSR count). The number of rotatable bonds is 11. The van der Waals surface area contributed by atoms with Gasteiger partial charge in [-0.2, -0.15) is 0 Å². The number of aromatic nitrogens is 4. The minimum Gasteiger partial charge on any atom is -0.390 e. The van der Waals surface area contributed by atoms with E-state index >= 15 is 0 Å². The van der Waals surface area contributed by atoms with Crippen molar-refractivity contribution in [2.75, 3.05) is 32.1 Å². The topological polar surface area (TPSA) is 85.1 Å². The summed E-state index contributed by atoms with van der Waals surface area (Å²) < 4.78 is 6.91. The van der Waals surface area contributed by atoms with Gasteiger partial charge in [-0.3, -0.25) is 0 Å². The van der Waals surface area contributed by atoms with Crippen molar-refractivity contribution >= 4 is 11.8 Å². The van der Waals surface area contributed by atoms with Crippen LogP contribution in [0.15, 0.2) is 5.16 Å². The molecule has 1 heterocycles. The SMILES string of the molecule is CCCNCCn1nnnc1SCC(O)COCC. The van der Waals surface area contributed by atoms with Crippen molar-refractivity contribution in [1.29, 1.82) is 0 Å². The predicted octanol–water partition coefficient (Wildman–Crippen LogP) is 0.162. The lowest BCUT2D eigenvalue weighted by molar-refractivity contribution is 0.0551. The number of ether oxygens (including phenoxy) is 1. The first-order chi connectivity index (χ1) is 9.27. The molecule has 0 bridgehead atoms. The van der Waals surface area contributed by atoms with Crippen LogP contribution >= 0.6 is 11.8 Å². The Bertz CT molecular complexity index is 337. The zero-order chi connectivity index (χ0) is 13.9. The molecule has 0 aliphatic rings. The molecule has 0 fully saturated rings. The molecular weight excluding hydrogens is 266 g/mol. The predicted molar refractivity (Wildman–Crippen MR) is 74.2 cm³/mol. The molecule has 0 saturated carbocycles. The average Bonchev–Trinajstić information content (AvgIpc) is 2.86. The summed E-state index contributed by atoms with van der Waals surface area (Å²) in [4.78, 5) is 0. The molecule has 7 nitrogen and oxygen atoms in total. The lowest BCUT2D eigenvalue weighted by atomic mass is 10.4. The molecule has 0 spiro atoms. The Balaban J connectivity index is 2.27. The van der Waals surface area contributed by atoms with Crippen molar-refractivity contribution in [3.63, 3.8) is 0 Å². The van der Waals surface area contributed by atoms with E-state index < -0.39 is 6.10 Å².